The Morgan fingerprint density at radius 3 is 2.62 bits per heavy atom. The molecule has 3 aliphatic carbocycles. The minimum atomic E-state index is -0.548. The number of aromatic nitrogens is 4. The van der Waals surface area contributed by atoms with E-state index in [4.69, 9.17) is 14.7 Å². The van der Waals surface area contributed by atoms with Gasteiger partial charge in [-0.05, 0) is 87.6 Å². The van der Waals surface area contributed by atoms with E-state index in [-0.39, 0.29) is 29.7 Å². The molecule has 0 bridgehead atoms. The van der Waals surface area contributed by atoms with Gasteiger partial charge < -0.3 is 15.2 Å². The SMILES string of the molecule is COc1ccc(C2CCC(C(NC(=O)C3CCCCC3)c3cc(-c4cnn(C5CC5)c4)ccn3)CC2O)nc1C. The minimum Gasteiger partial charge on any atom is -0.495 e. The molecule has 0 spiro atoms. The number of amides is 1. The maximum Gasteiger partial charge on any atom is 0.223 e. The molecule has 4 atom stereocenters. The van der Waals surface area contributed by atoms with E-state index < -0.39 is 6.10 Å². The van der Waals surface area contributed by atoms with E-state index >= 15 is 0 Å². The average Bonchev–Trinajstić information content (AvgIpc) is 3.72. The molecule has 0 aromatic carbocycles. The van der Waals surface area contributed by atoms with Crippen molar-refractivity contribution in [2.75, 3.05) is 7.11 Å². The Kier molecular flexibility index (Phi) is 7.87. The molecule has 8 heteroatoms. The van der Waals surface area contributed by atoms with Crippen LogP contribution in [0.1, 0.15) is 99.3 Å². The van der Waals surface area contributed by atoms with Crippen LogP contribution < -0.4 is 10.1 Å². The zero-order chi connectivity index (χ0) is 27.6. The van der Waals surface area contributed by atoms with Crippen molar-refractivity contribution in [3.05, 3.63) is 59.9 Å². The molecule has 8 nitrogen and oxygen atoms in total. The second-order valence-electron chi connectivity index (χ2n) is 12.0. The topological polar surface area (TPSA) is 102 Å². The molecule has 0 saturated heterocycles. The normalized spacial score (nSPS) is 24.4. The van der Waals surface area contributed by atoms with Crippen LogP contribution in [0.4, 0.5) is 0 Å². The summed E-state index contributed by atoms with van der Waals surface area (Å²) in [6.07, 6.45) is 15.3. The third-order valence-electron chi connectivity index (χ3n) is 9.22. The summed E-state index contributed by atoms with van der Waals surface area (Å²) in [7, 11) is 1.65. The van der Waals surface area contributed by atoms with E-state index in [2.05, 4.69) is 27.4 Å². The van der Waals surface area contributed by atoms with E-state index in [1.807, 2.05) is 37.5 Å². The van der Waals surface area contributed by atoms with Crippen LogP contribution in [0.2, 0.25) is 0 Å². The molecule has 6 rings (SSSR count). The van der Waals surface area contributed by atoms with E-state index in [0.29, 0.717) is 12.5 Å². The summed E-state index contributed by atoms with van der Waals surface area (Å²) in [6, 6.07) is 8.29. The first-order chi connectivity index (χ1) is 19.5. The first-order valence-electron chi connectivity index (χ1n) is 15.0. The molecule has 0 aliphatic heterocycles. The van der Waals surface area contributed by atoms with Gasteiger partial charge in [0, 0.05) is 35.5 Å². The molecule has 40 heavy (non-hydrogen) atoms. The second kappa shape index (κ2) is 11.7. The Morgan fingerprint density at radius 2 is 1.90 bits per heavy atom. The fraction of sp³-hybridized carbons (Fsp3) is 0.562. The lowest BCUT2D eigenvalue weighted by Crippen LogP contribution is -2.41. The van der Waals surface area contributed by atoms with Gasteiger partial charge in [-0.2, -0.15) is 5.10 Å². The first-order valence-corrected chi connectivity index (χ1v) is 15.0. The lowest BCUT2D eigenvalue weighted by molar-refractivity contribution is -0.127. The average molecular weight is 544 g/mol. The highest BCUT2D eigenvalue weighted by Crippen LogP contribution is 2.42. The van der Waals surface area contributed by atoms with Gasteiger partial charge in [0.05, 0.1) is 42.9 Å². The molecule has 4 unspecified atom stereocenters. The number of carbonyl (C=O) groups excluding carboxylic acids is 1. The highest BCUT2D eigenvalue weighted by Gasteiger charge is 2.38. The molecular formula is C32H41N5O3. The molecule has 212 valence electrons. The van der Waals surface area contributed by atoms with Crippen molar-refractivity contribution in [2.24, 2.45) is 11.8 Å². The molecular weight excluding hydrogens is 502 g/mol. The number of aliphatic hydroxyl groups excluding tert-OH is 1. The molecule has 3 aromatic heterocycles. The molecule has 1 amide bonds. The fourth-order valence-electron chi connectivity index (χ4n) is 6.71. The van der Waals surface area contributed by atoms with Crippen molar-refractivity contribution >= 4 is 5.91 Å². The fourth-order valence-corrected chi connectivity index (χ4v) is 6.71. The summed E-state index contributed by atoms with van der Waals surface area (Å²) in [5, 5.41) is 19.4. The van der Waals surface area contributed by atoms with Gasteiger partial charge in [0.25, 0.3) is 0 Å². The van der Waals surface area contributed by atoms with Gasteiger partial charge in [0.15, 0.2) is 0 Å². The van der Waals surface area contributed by atoms with Crippen LogP contribution in [0.25, 0.3) is 11.1 Å². The number of pyridine rings is 2. The van der Waals surface area contributed by atoms with Gasteiger partial charge in [0.2, 0.25) is 5.91 Å². The molecule has 2 N–H and O–H groups in total. The summed E-state index contributed by atoms with van der Waals surface area (Å²) in [6.45, 7) is 1.93. The van der Waals surface area contributed by atoms with Gasteiger partial charge in [-0.15, -0.1) is 0 Å². The molecule has 3 saturated carbocycles. The smallest absolute Gasteiger partial charge is 0.223 e. The number of hydrogen-bond donors (Lipinski definition) is 2. The molecule has 3 fully saturated rings. The predicted molar refractivity (Wildman–Crippen MR) is 153 cm³/mol. The first kappa shape index (κ1) is 26.9. The zero-order valence-electron chi connectivity index (χ0n) is 23.6. The van der Waals surface area contributed by atoms with Crippen molar-refractivity contribution in [3.63, 3.8) is 0 Å². The van der Waals surface area contributed by atoms with Gasteiger partial charge in [0.1, 0.15) is 5.75 Å². The lowest BCUT2D eigenvalue weighted by Gasteiger charge is -2.38. The number of nitrogens with zero attached hydrogens (tertiary/aromatic N) is 4. The van der Waals surface area contributed by atoms with Crippen LogP contribution >= 0.6 is 0 Å². The van der Waals surface area contributed by atoms with E-state index in [0.717, 1.165) is 72.5 Å². The summed E-state index contributed by atoms with van der Waals surface area (Å²) < 4.78 is 7.44. The van der Waals surface area contributed by atoms with Crippen molar-refractivity contribution in [2.45, 2.75) is 95.2 Å². The van der Waals surface area contributed by atoms with Crippen molar-refractivity contribution in [3.8, 4) is 16.9 Å². The maximum absolute atomic E-state index is 13.5. The quantitative estimate of drug-likeness (QED) is 0.379. The van der Waals surface area contributed by atoms with Crippen LogP contribution in [-0.2, 0) is 4.79 Å². The van der Waals surface area contributed by atoms with Gasteiger partial charge in [-0.3, -0.25) is 19.4 Å². The Bertz CT molecular complexity index is 1330. The number of aliphatic hydroxyl groups is 1. The lowest BCUT2D eigenvalue weighted by atomic mass is 9.74. The largest absolute Gasteiger partial charge is 0.495 e. The van der Waals surface area contributed by atoms with Crippen LogP contribution in [0.15, 0.2) is 42.9 Å². The van der Waals surface area contributed by atoms with E-state index in [9.17, 15) is 9.90 Å². The number of hydrogen-bond acceptors (Lipinski definition) is 6. The highest BCUT2D eigenvalue weighted by molar-refractivity contribution is 5.79. The van der Waals surface area contributed by atoms with Crippen LogP contribution in [-0.4, -0.2) is 44.0 Å². The third-order valence-corrected chi connectivity index (χ3v) is 9.22. The Labute approximate surface area is 236 Å². The highest BCUT2D eigenvalue weighted by atomic mass is 16.5. The van der Waals surface area contributed by atoms with Crippen LogP contribution in [0, 0.1) is 18.8 Å². The Hall–Kier alpha value is -3.26. The second-order valence-corrected chi connectivity index (χ2v) is 12.0. The van der Waals surface area contributed by atoms with Crippen LogP contribution in [0.3, 0.4) is 0 Å². The van der Waals surface area contributed by atoms with Gasteiger partial charge >= 0.3 is 0 Å². The zero-order valence-corrected chi connectivity index (χ0v) is 23.6. The van der Waals surface area contributed by atoms with Gasteiger partial charge in [-0.1, -0.05) is 19.3 Å². The number of carbonyl (C=O) groups is 1. The predicted octanol–water partition coefficient (Wildman–Crippen LogP) is 5.67. The summed E-state index contributed by atoms with van der Waals surface area (Å²) in [5.41, 5.74) is 4.71. The number of ether oxygens (including phenoxy) is 1. The minimum absolute atomic E-state index is 0.0388. The maximum atomic E-state index is 13.5. The molecule has 3 aliphatic rings. The number of nitrogens with one attached hydrogen (secondary N) is 1. The van der Waals surface area contributed by atoms with Crippen molar-refractivity contribution in [1.29, 1.82) is 0 Å². The van der Waals surface area contributed by atoms with E-state index in [1.165, 1.54) is 19.3 Å². The third kappa shape index (κ3) is 5.78. The number of aryl methyl sites for hydroxylation is 1. The summed E-state index contributed by atoms with van der Waals surface area (Å²) in [5.74, 6) is 0.982. The van der Waals surface area contributed by atoms with Gasteiger partial charge in [-0.25, -0.2) is 0 Å². The Balaban J connectivity index is 1.24. The Morgan fingerprint density at radius 1 is 1.07 bits per heavy atom. The standard InChI is InChI=1S/C32H41N5O3/c1-20-30(40-2)13-12-27(35-20)26-11-8-23(17-29(26)38)31(36-32(39)21-6-4-3-5-7-21)28-16-22(14-15-33-28)24-18-34-37(19-24)25-9-10-25/h12-16,18-19,21,23,25-26,29,31,38H,3-11,17H2,1-2H3,(H,36,39). The molecule has 0 radical (unpaired) electrons. The summed E-state index contributed by atoms with van der Waals surface area (Å²) >= 11 is 0. The van der Waals surface area contributed by atoms with Crippen molar-refractivity contribution in [1.82, 2.24) is 25.1 Å². The summed E-state index contributed by atoms with van der Waals surface area (Å²) in [4.78, 5) is 23.0. The molecule has 3 heterocycles. The molecule has 3 aromatic rings. The number of methoxy groups -OCH3 is 1. The van der Waals surface area contributed by atoms with Crippen molar-refractivity contribution < 1.29 is 14.6 Å². The van der Waals surface area contributed by atoms with E-state index in [1.54, 1.807) is 7.11 Å². The number of rotatable bonds is 8. The monoisotopic (exact) mass is 543 g/mol. The van der Waals surface area contributed by atoms with Crippen LogP contribution in [0.5, 0.6) is 5.75 Å².